The first kappa shape index (κ1) is 18.2. The molecule has 0 aromatic carbocycles. The van der Waals surface area contributed by atoms with Crippen molar-refractivity contribution in [3.05, 3.63) is 29.1 Å². The van der Waals surface area contributed by atoms with Gasteiger partial charge in [0.1, 0.15) is 6.33 Å². The molecule has 0 aliphatic heterocycles. The standard InChI is InChI=1S/C18H23F3N6/c19-18(20,21)16-13-8-4-5-9-14(13)24-17(25-16)22-10-15-26-23-11-27(15)12-6-2-1-3-7-12/h11-12H,1-10H2,(H,22,24,25). The Morgan fingerprint density at radius 3 is 2.59 bits per heavy atom. The second kappa shape index (κ2) is 7.44. The maximum absolute atomic E-state index is 13.4. The zero-order chi connectivity index (χ0) is 18.9. The van der Waals surface area contributed by atoms with Crippen LogP contribution in [-0.4, -0.2) is 24.7 Å². The van der Waals surface area contributed by atoms with Gasteiger partial charge in [-0.25, -0.2) is 9.97 Å². The van der Waals surface area contributed by atoms with Crippen molar-refractivity contribution < 1.29 is 13.2 Å². The molecule has 1 saturated carbocycles. The molecule has 2 aliphatic carbocycles. The smallest absolute Gasteiger partial charge is 0.347 e. The molecule has 0 spiro atoms. The molecular formula is C18H23F3N6. The summed E-state index contributed by atoms with van der Waals surface area (Å²) in [6, 6.07) is 0.362. The highest BCUT2D eigenvalue weighted by molar-refractivity contribution is 5.37. The summed E-state index contributed by atoms with van der Waals surface area (Å²) < 4.78 is 42.3. The van der Waals surface area contributed by atoms with Crippen molar-refractivity contribution in [1.82, 2.24) is 24.7 Å². The maximum atomic E-state index is 13.4. The summed E-state index contributed by atoms with van der Waals surface area (Å²) in [7, 11) is 0. The Hall–Kier alpha value is -2.19. The first-order chi connectivity index (χ1) is 13.0. The summed E-state index contributed by atoms with van der Waals surface area (Å²) in [5.74, 6) is 0.720. The van der Waals surface area contributed by atoms with Crippen LogP contribution in [0.3, 0.4) is 0 Å². The Labute approximate surface area is 155 Å². The Balaban J connectivity index is 1.55. The van der Waals surface area contributed by atoms with E-state index in [0.29, 0.717) is 30.4 Å². The van der Waals surface area contributed by atoms with E-state index in [4.69, 9.17) is 0 Å². The summed E-state index contributed by atoms with van der Waals surface area (Å²) in [5, 5.41) is 11.1. The lowest BCUT2D eigenvalue weighted by Crippen LogP contribution is -2.21. The van der Waals surface area contributed by atoms with Crippen molar-refractivity contribution >= 4 is 5.95 Å². The zero-order valence-corrected chi connectivity index (χ0v) is 15.1. The number of rotatable bonds is 4. The van der Waals surface area contributed by atoms with Crippen LogP contribution in [0.25, 0.3) is 0 Å². The van der Waals surface area contributed by atoms with E-state index in [1.165, 1.54) is 19.3 Å². The molecule has 6 nitrogen and oxygen atoms in total. The molecule has 0 amide bonds. The van der Waals surface area contributed by atoms with Crippen molar-refractivity contribution in [2.75, 3.05) is 5.32 Å². The zero-order valence-electron chi connectivity index (χ0n) is 15.1. The molecule has 0 bridgehead atoms. The van der Waals surface area contributed by atoms with E-state index in [1.54, 1.807) is 6.33 Å². The fraction of sp³-hybridized carbons (Fsp3) is 0.667. The van der Waals surface area contributed by atoms with E-state index >= 15 is 0 Å². The summed E-state index contributed by atoms with van der Waals surface area (Å²) in [4.78, 5) is 8.14. The van der Waals surface area contributed by atoms with Gasteiger partial charge in [0, 0.05) is 17.3 Å². The van der Waals surface area contributed by atoms with Gasteiger partial charge in [0.2, 0.25) is 5.95 Å². The van der Waals surface area contributed by atoms with Gasteiger partial charge >= 0.3 is 6.18 Å². The number of anilines is 1. The number of halogens is 3. The molecule has 146 valence electrons. The lowest BCUT2D eigenvalue weighted by Gasteiger charge is -2.24. The largest absolute Gasteiger partial charge is 0.433 e. The fourth-order valence-corrected chi connectivity index (χ4v) is 4.12. The lowest BCUT2D eigenvalue weighted by atomic mass is 9.94. The SMILES string of the molecule is FC(F)(F)c1nc(NCc2nncn2C2CCCCC2)nc2c1CCCC2. The third kappa shape index (κ3) is 3.91. The molecule has 9 heteroatoms. The van der Waals surface area contributed by atoms with Crippen molar-refractivity contribution in [2.24, 2.45) is 0 Å². The highest BCUT2D eigenvalue weighted by atomic mass is 19.4. The van der Waals surface area contributed by atoms with E-state index in [-0.39, 0.29) is 18.1 Å². The van der Waals surface area contributed by atoms with Gasteiger partial charge in [-0.2, -0.15) is 13.2 Å². The number of nitrogens with zero attached hydrogens (tertiary/aromatic N) is 5. The minimum Gasteiger partial charge on any atom is -0.347 e. The molecule has 27 heavy (non-hydrogen) atoms. The van der Waals surface area contributed by atoms with Crippen LogP contribution in [0.5, 0.6) is 0 Å². The average molecular weight is 380 g/mol. The van der Waals surface area contributed by atoms with Crippen LogP contribution in [0.15, 0.2) is 6.33 Å². The number of hydrogen-bond donors (Lipinski definition) is 1. The van der Waals surface area contributed by atoms with Gasteiger partial charge in [0.25, 0.3) is 0 Å². The highest BCUT2D eigenvalue weighted by Crippen LogP contribution is 2.35. The summed E-state index contributed by atoms with van der Waals surface area (Å²) in [6.07, 6.45) is 5.57. The maximum Gasteiger partial charge on any atom is 0.433 e. The van der Waals surface area contributed by atoms with Crippen molar-refractivity contribution in [3.8, 4) is 0 Å². The van der Waals surface area contributed by atoms with Crippen LogP contribution in [0.2, 0.25) is 0 Å². The number of alkyl halides is 3. The Bertz CT molecular complexity index is 795. The van der Waals surface area contributed by atoms with E-state index < -0.39 is 11.9 Å². The van der Waals surface area contributed by atoms with Gasteiger partial charge < -0.3 is 9.88 Å². The molecule has 2 aromatic heterocycles. The molecule has 4 rings (SSSR count). The molecule has 0 unspecified atom stereocenters. The van der Waals surface area contributed by atoms with Crippen LogP contribution in [0, 0.1) is 0 Å². The average Bonchev–Trinajstić information content (AvgIpc) is 3.14. The summed E-state index contributed by atoms with van der Waals surface area (Å²) in [5.41, 5.74) is -0.0343. The van der Waals surface area contributed by atoms with Crippen LogP contribution >= 0.6 is 0 Å². The molecular weight excluding hydrogens is 357 g/mol. The van der Waals surface area contributed by atoms with Gasteiger partial charge in [-0.1, -0.05) is 19.3 Å². The summed E-state index contributed by atoms with van der Waals surface area (Å²) in [6.45, 7) is 0.257. The van der Waals surface area contributed by atoms with Gasteiger partial charge in [0.15, 0.2) is 11.5 Å². The van der Waals surface area contributed by atoms with Gasteiger partial charge in [0.05, 0.1) is 6.54 Å². The number of nitrogens with one attached hydrogen (secondary N) is 1. The number of hydrogen-bond acceptors (Lipinski definition) is 5. The van der Waals surface area contributed by atoms with E-state index in [9.17, 15) is 13.2 Å². The number of aromatic nitrogens is 5. The van der Waals surface area contributed by atoms with Gasteiger partial charge in [-0.15, -0.1) is 10.2 Å². The van der Waals surface area contributed by atoms with E-state index in [2.05, 4.69) is 25.5 Å². The van der Waals surface area contributed by atoms with E-state index in [0.717, 1.165) is 25.7 Å². The second-order valence-corrected chi connectivity index (χ2v) is 7.33. The van der Waals surface area contributed by atoms with Crippen molar-refractivity contribution in [1.29, 1.82) is 0 Å². The van der Waals surface area contributed by atoms with Gasteiger partial charge in [-0.05, 0) is 38.5 Å². The highest BCUT2D eigenvalue weighted by Gasteiger charge is 2.38. The van der Waals surface area contributed by atoms with Crippen LogP contribution in [0.4, 0.5) is 19.1 Å². The molecule has 0 saturated heterocycles. The quantitative estimate of drug-likeness (QED) is 0.866. The lowest BCUT2D eigenvalue weighted by molar-refractivity contribution is -0.142. The molecule has 2 heterocycles. The molecule has 2 aromatic rings. The Morgan fingerprint density at radius 1 is 1.04 bits per heavy atom. The minimum absolute atomic E-state index is 0.0150. The second-order valence-electron chi connectivity index (χ2n) is 7.33. The molecule has 1 N–H and O–H groups in total. The van der Waals surface area contributed by atoms with Crippen molar-refractivity contribution in [2.45, 2.75) is 76.6 Å². The van der Waals surface area contributed by atoms with Gasteiger partial charge in [-0.3, -0.25) is 0 Å². The third-order valence-electron chi connectivity index (χ3n) is 5.47. The van der Waals surface area contributed by atoms with Crippen molar-refractivity contribution in [3.63, 3.8) is 0 Å². The minimum atomic E-state index is -4.47. The van der Waals surface area contributed by atoms with Crippen LogP contribution in [0.1, 0.15) is 73.8 Å². The fourth-order valence-electron chi connectivity index (χ4n) is 4.12. The number of aryl methyl sites for hydroxylation is 1. The Kier molecular flexibility index (Phi) is 5.01. The normalized spacial score (nSPS) is 18.3. The molecule has 0 atom stereocenters. The molecule has 0 radical (unpaired) electrons. The molecule has 2 aliphatic rings. The first-order valence-corrected chi connectivity index (χ1v) is 9.61. The topological polar surface area (TPSA) is 68.5 Å². The summed E-state index contributed by atoms with van der Waals surface area (Å²) >= 11 is 0. The monoisotopic (exact) mass is 380 g/mol. The first-order valence-electron chi connectivity index (χ1n) is 9.61. The van der Waals surface area contributed by atoms with Crippen LogP contribution in [-0.2, 0) is 25.6 Å². The number of fused-ring (bicyclic) bond motifs is 1. The molecule has 1 fully saturated rings. The third-order valence-corrected chi connectivity index (χ3v) is 5.47. The van der Waals surface area contributed by atoms with Crippen LogP contribution < -0.4 is 5.32 Å². The Morgan fingerprint density at radius 2 is 1.81 bits per heavy atom. The van der Waals surface area contributed by atoms with E-state index in [1.807, 2.05) is 4.57 Å². The predicted molar refractivity (Wildman–Crippen MR) is 93.1 cm³/mol. The predicted octanol–water partition coefficient (Wildman–Crippen LogP) is 4.08.